The van der Waals surface area contributed by atoms with E-state index in [0.29, 0.717) is 0 Å². The molecule has 1 unspecified atom stereocenters. The fourth-order valence-corrected chi connectivity index (χ4v) is 3.15. The Labute approximate surface area is 117 Å². The second kappa shape index (κ2) is 4.27. The van der Waals surface area contributed by atoms with E-state index in [-0.39, 0.29) is 17.9 Å². The third kappa shape index (κ3) is 1.87. The number of methoxy groups -OCH3 is 1. The zero-order valence-corrected chi connectivity index (χ0v) is 11.5. The summed E-state index contributed by atoms with van der Waals surface area (Å²) in [5.74, 6) is 1.40. The topological polar surface area (TPSA) is 54.1 Å². The largest absolute Gasteiger partial charge is 0.497 e. The van der Waals surface area contributed by atoms with Crippen LogP contribution in [0.25, 0.3) is 10.9 Å². The van der Waals surface area contributed by atoms with Gasteiger partial charge in [-0.1, -0.05) is 0 Å². The van der Waals surface area contributed by atoms with Crippen LogP contribution in [0.1, 0.15) is 24.1 Å². The molecule has 0 bridgehead atoms. The van der Waals surface area contributed by atoms with Crippen molar-refractivity contribution in [2.45, 2.75) is 31.7 Å². The van der Waals surface area contributed by atoms with Crippen LogP contribution in [0.4, 0.5) is 0 Å². The van der Waals surface area contributed by atoms with Crippen molar-refractivity contribution in [3.8, 4) is 5.75 Å². The lowest BCUT2D eigenvalue weighted by molar-refractivity contribution is -0.122. The average Bonchev–Trinajstić information content (AvgIpc) is 3.15. The van der Waals surface area contributed by atoms with E-state index in [1.54, 1.807) is 7.11 Å². The van der Waals surface area contributed by atoms with Crippen LogP contribution in [0.5, 0.6) is 5.75 Å². The van der Waals surface area contributed by atoms with Gasteiger partial charge in [-0.05, 0) is 43.0 Å². The lowest BCUT2D eigenvalue weighted by Gasteiger charge is -2.12. The molecule has 2 aromatic rings. The van der Waals surface area contributed by atoms with Crippen LogP contribution in [0.2, 0.25) is 0 Å². The van der Waals surface area contributed by atoms with E-state index in [9.17, 15) is 4.79 Å². The lowest BCUT2D eigenvalue weighted by atomic mass is 10.1. The maximum atomic E-state index is 11.9. The molecule has 1 atom stereocenters. The number of hydrogen-bond acceptors (Lipinski definition) is 2. The summed E-state index contributed by atoms with van der Waals surface area (Å²) in [5.41, 5.74) is 3.75. The van der Waals surface area contributed by atoms with E-state index in [0.717, 1.165) is 36.9 Å². The lowest BCUT2D eigenvalue weighted by Crippen LogP contribution is -2.36. The van der Waals surface area contributed by atoms with Gasteiger partial charge >= 0.3 is 0 Å². The van der Waals surface area contributed by atoms with Gasteiger partial charge in [0.25, 0.3) is 0 Å². The molecule has 1 amide bonds. The molecular formula is C16H18N2O2. The van der Waals surface area contributed by atoms with Crippen molar-refractivity contribution >= 4 is 16.8 Å². The van der Waals surface area contributed by atoms with Crippen molar-refractivity contribution in [1.82, 2.24) is 10.3 Å². The van der Waals surface area contributed by atoms with E-state index >= 15 is 0 Å². The van der Waals surface area contributed by atoms with Gasteiger partial charge in [0.1, 0.15) is 5.75 Å². The van der Waals surface area contributed by atoms with Crippen molar-refractivity contribution in [3.05, 3.63) is 29.5 Å². The molecule has 1 saturated carbocycles. The Morgan fingerprint density at radius 2 is 2.20 bits per heavy atom. The van der Waals surface area contributed by atoms with Crippen LogP contribution in [0.3, 0.4) is 0 Å². The molecule has 104 valence electrons. The molecule has 2 aliphatic carbocycles. The van der Waals surface area contributed by atoms with Crippen LogP contribution in [-0.2, 0) is 17.6 Å². The molecular weight excluding hydrogens is 252 g/mol. The van der Waals surface area contributed by atoms with Gasteiger partial charge in [0.15, 0.2) is 0 Å². The smallest absolute Gasteiger partial charge is 0.223 e. The Kier molecular flexibility index (Phi) is 2.52. The number of amides is 1. The van der Waals surface area contributed by atoms with Crippen molar-refractivity contribution in [2.24, 2.45) is 5.92 Å². The molecule has 0 saturated heterocycles. The number of nitrogens with one attached hydrogen (secondary N) is 2. The van der Waals surface area contributed by atoms with Crippen LogP contribution in [0.15, 0.2) is 18.2 Å². The van der Waals surface area contributed by atoms with E-state index in [1.807, 2.05) is 6.07 Å². The zero-order chi connectivity index (χ0) is 13.7. The van der Waals surface area contributed by atoms with Gasteiger partial charge in [-0.15, -0.1) is 0 Å². The monoisotopic (exact) mass is 270 g/mol. The third-order valence-electron chi connectivity index (χ3n) is 4.40. The minimum atomic E-state index is 0.238. The first kappa shape index (κ1) is 11.8. The predicted molar refractivity (Wildman–Crippen MR) is 76.9 cm³/mol. The molecule has 1 aromatic heterocycles. The van der Waals surface area contributed by atoms with E-state index in [4.69, 9.17) is 4.74 Å². The summed E-state index contributed by atoms with van der Waals surface area (Å²) < 4.78 is 5.30. The third-order valence-corrected chi connectivity index (χ3v) is 4.40. The van der Waals surface area contributed by atoms with Crippen molar-refractivity contribution in [2.75, 3.05) is 7.11 Å². The number of aromatic amines is 1. The summed E-state index contributed by atoms with van der Waals surface area (Å²) in [4.78, 5) is 15.3. The fourth-order valence-electron chi connectivity index (χ4n) is 3.15. The van der Waals surface area contributed by atoms with Crippen molar-refractivity contribution in [1.29, 1.82) is 0 Å². The SMILES string of the molecule is COc1ccc2[nH]c3c(c2c1)CC(NC(=O)C1CC1)C3. The highest BCUT2D eigenvalue weighted by Crippen LogP contribution is 2.33. The van der Waals surface area contributed by atoms with Gasteiger partial charge in [-0.2, -0.15) is 0 Å². The minimum absolute atomic E-state index is 0.238. The normalized spacial score (nSPS) is 20.9. The number of benzene rings is 1. The van der Waals surface area contributed by atoms with E-state index in [1.165, 1.54) is 16.6 Å². The standard InChI is InChI=1S/C16H18N2O2/c1-20-11-4-5-14-13(8-11)12-6-10(7-15(12)18-14)17-16(19)9-2-3-9/h4-5,8-10,18H,2-3,6-7H2,1H3,(H,17,19). The summed E-state index contributed by atoms with van der Waals surface area (Å²) in [6.45, 7) is 0. The molecule has 2 N–H and O–H groups in total. The Morgan fingerprint density at radius 3 is 2.95 bits per heavy atom. The summed E-state index contributed by atoms with van der Waals surface area (Å²) in [6.07, 6.45) is 3.94. The molecule has 2 aliphatic rings. The molecule has 4 heteroatoms. The molecule has 4 nitrogen and oxygen atoms in total. The van der Waals surface area contributed by atoms with Gasteiger partial charge in [0.05, 0.1) is 7.11 Å². The number of hydrogen-bond donors (Lipinski definition) is 2. The minimum Gasteiger partial charge on any atom is -0.497 e. The molecule has 1 heterocycles. The van der Waals surface area contributed by atoms with Crippen LogP contribution < -0.4 is 10.1 Å². The maximum Gasteiger partial charge on any atom is 0.223 e. The summed E-state index contributed by atoms with van der Waals surface area (Å²) in [6, 6.07) is 6.36. The second-order valence-corrected chi connectivity index (χ2v) is 5.88. The molecule has 1 fully saturated rings. The van der Waals surface area contributed by atoms with Crippen LogP contribution in [-0.4, -0.2) is 24.0 Å². The second-order valence-electron chi connectivity index (χ2n) is 5.88. The Morgan fingerprint density at radius 1 is 1.35 bits per heavy atom. The number of fused-ring (bicyclic) bond motifs is 3. The highest BCUT2D eigenvalue weighted by molar-refractivity contribution is 5.87. The number of carbonyl (C=O) groups is 1. The Bertz CT molecular complexity index is 685. The highest BCUT2D eigenvalue weighted by Gasteiger charge is 2.33. The first-order chi connectivity index (χ1) is 9.74. The van der Waals surface area contributed by atoms with Gasteiger partial charge in [-0.25, -0.2) is 0 Å². The van der Waals surface area contributed by atoms with Gasteiger partial charge < -0.3 is 15.0 Å². The van der Waals surface area contributed by atoms with Gasteiger partial charge in [-0.3, -0.25) is 4.79 Å². The van der Waals surface area contributed by atoms with E-state index < -0.39 is 0 Å². The molecule has 0 spiro atoms. The van der Waals surface area contributed by atoms with Crippen LogP contribution in [0, 0.1) is 5.92 Å². The molecule has 20 heavy (non-hydrogen) atoms. The van der Waals surface area contributed by atoms with Crippen molar-refractivity contribution in [3.63, 3.8) is 0 Å². The highest BCUT2D eigenvalue weighted by atomic mass is 16.5. The first-order valence-electron chi connectivity index (χ1n) is 7.22. The van der Waals surface area contributed by atoms with E-state index in [2.05, 4.69) is 22.4 Å². The quantitative estimate of drug-likeness (QED) is 0.898. The average molecular weight is 270 g/mol. The Hall–Kier alpha value is -1.97. The fraction of sp³-hybridized carbons (Fsp3) is 0.438. The van der Waals surface area contributed by atoms with Gasteiger partial charge in [0, 0.05) is 35.0 Å². The van der Waals surface area contributed by atoms with Crippen molar-refractivity contribution < 1.29 is 9.53 Å². The summed E-state index contributed by atoms with van der Waals surface area (Å²) in [7, 11) is 1.69. The first-order valence-corrected chi connectivity index (χ1v) is 7.22. The summed E-state index contributed by atoms with van der Waals surface area (Å²) >= 11 is 0. The van der Waals surface area contributed by atoms with Gasteiger partial charge in [0.2, 0.25) is 5.91 Å². The number of aromatic nitrogens is 1. The number of ether oxygens (including phenoxy) is 1. The molecule has 1 aromatic carbocycles. The molecule has 4 rings (SSSR count). The maximum absolute atomic E-state index is 11.9. The Balaban J connectivity index is 1.59. The number of H-pyrrole nitrogens is 1. The molecule has 0 aliphatic heterocycles. The molecule has 0 radical (unpaired) electrons. The number of carbonyl (C=O) groups excluding carboxylic acids is 1. The zero-order valence-electron chi connectivity index (χ0n) is 11.5. The summed E-state index contributed by atoms with van der Waals surface area (Å²) in [5, 5.41) is 4.40. The number of rotatable bonds is 3. The van der Waals surface area contributed by atoms with Crippen LogP contribution >= 0.6 is 0 Å². The predicted octanol–water partition coefficient (Wildman–Crippen LogP) is 2.17.